The highest BCUT2D eigenvalue weighted by molar-refractivity contribution is 5.48. The molecule has 180 valence electrons. The molecule has 6 unspecified atom stereocenters. The molecule has 0 aromatic heterocycles. The van der Waals surface area contributed by atoms with Gasteiger partial charge in [0.05, 0.1) is 6.42 Å². The lowest BCUT2D eigenvalue weighted by Crippen LogP contribution is -2.45. The summed E-state index contributed by atoms with van der Waals surface area (Å²) in [5.74, 6) is 0. The van der Waals surface area contributed by atoms with E-state index in [4.69, 9.17) is 0 Å². The maximum atomic E-state index is 11.4. The molecule has 3 N–H and O–H groups in total. The smallest absolute Gasteiger partial charge is 0.241 e. The number of hydrogen-bond donors (Lipinski definition) is 3. The van der Waals surface area contributed by atoms with E-state index in [9.17, 15) is 50.5 Å². The van der Waals surface area contributed by atoms with E-state index in [2.05, 4.69) is 0 Å². The Kier molecular flexibility index (Phi) is 14.4. The zero-order valence-electron chi connectivity index (χ0n) is 17.7. The van der Waals surface area contributed by atoms with E-state index in [0.717, 1.165) is 6.42 Å². The number of unbranched alkanes of at least 4 members (excludes halogenated alkanes) is 4. The lowest BCUT2D eigenvalue weighted by atomic mass is 9.92. The van der Waals surface area contributed by atoms with Gasteiger partial charge >= 0.3 is 0 Å². The predicted molar refractivity (Wildman–Crippen MR) is 108 cm³/mol. The molecule has 0 bridgehead atoms. The molecule has 0 aliphatic heterocycles. The first-order chi connectivity index (χ1) is 14.6. The van der Waals surface area contributed by atoms with E-state index >= 15 is 0 Å². The second-order valence-electron chi connectivity index (χ2n) is 7.68. The van der Waals surface area contributed by atoms with Crippen LogP contribution < -0.4 is 0 Å². The molecular formula is C18H33N3O10. The largest absolute Gasteiger partial charge is 0.386 e. The summed E-state index contributed by atoms with van der Waals surface area (Å²) in [7, 11) is 0. The van der Waals surface area contributed by atoms with Crippen LogP contribution in [0.4, 0.5) is 0 Å². The van der Waals surface area contributed by atoms with E-state index in [1.165, 1.54) is 0 Å². The molecule has 0 fully saturated rings. The Hall–Kier alpha value is -2.25. The summed E-state index contributed by atoms with van der Waals surface area (Å²) in [6.45, 7) is 1.90. The zero-order chi connectivity index (χ0) is 24.0. The number of carbonyl (C=O) groups is 1. The monoisotopic (exact) mass is 451 g/mol. The SMILES string of the molecule is CCCCCC(C(O)CC(O)C(CC(O)C(CCCCC=O)[N+](=O)[O-])[N+](=O)[O-])[N+](=O)[O-]. The number of aliphatic hydroxyl groups is 3. The Morgan fingerprint density at radius 3 is 1.55 bits per heavy atom. The van der Waals surface area contributed by atoms with E-state index in [1.807, 2.05) is 6.92 Å². The van der Waals surface area contributed by atoms with Crippen LogP contribution in [0.1, 0.15) is 71.1 Å². The van der Waals surface area contributed by atoms with Gasteiger partial charge in [-0.05, 0) is 19.3 Å². The number of nitro groups is 3. The number of rotatable bonds is 19. The fourth-order valence-electron chi connectivity index (χ4n) is 3.41. The fraction of sp³-hybridized carbons (Fsp3) is 0.944. The van der Waals surface area contributed by atoms with Crippen molar-refractivity contribution >= 4 is 6.29 Å². The molecule has 0 aromatic rings. The fourth-order valence-corrected chi connectivity index (χ4v) is 3.41. The van der Waals surface area contributed by atoms with Crippen LogP contribution in [0.2, 0.25) is 0 Å². The third-order valence-corrected chi connectivity index (χ3v) is 5.29. The molecule has 0 spiro atoms. The van der Waals surface area contributed by atoms with Gasteiger partial charge in [-0.1, -0.05) is 19.8 Å². The molecule has 0 aromatic carbocycles. The van der Waals surface area contributed by atoms with E-state index in [0.29, 0.717) is 25.5 Å². The second-order valence-corrected chi connectivity index (χ2v) is 7.68. The van der Waals surface area contributed by atoms with Gasteiger partial charge in [-0.3, -0.25) is 30.3 Å². The lowest BCUT2D eigenvalue weighted by Gasteiger charge is -2.23. The maximum Gasteiger partial charge on any atom is 0.241 e. The number of aliphatic hydroxyl groups excluding tert-OH is 3. The molecule has 0 amide bonds. The normalized spacial score (nSPS) is 17.2. The highest BCUT2D eigenvalue weighted by Gasteiger charge is 2.41. The Bertz CT molecular complexity index is 577. The Morgan fingerprint density at radius 1 is 0.710 bits per heavy atom. The molecule has 6 atom stereocenters. The number of nitrogens with zero attached hydrogens (tertiary/aromatic N) is 3. The molecular weight excluding hydrogens is 418 g/mol. The minimum atomic E-state index is -1.84. The Balaban J connectivity index is 5.09. The first-order valence-corrected chi connectivity index (χ1v) is 10.4. The third kappa shape index (κ3) is 11.1. The van der Waals surface area contributed by atoms with Gasteiger partial charge in [0.25, 0.3) is 0 Å². The molecule has 0 heterocycles. The van der Waals surface area contributed by atoms with Gasteiger partial charge in [0.15, 0.2) is 0 Å². The van der Waals surface area contributed by atoms with Gasteiger partial charge in [0.1, 0.15) is 24.6 Å². The molecule has 0 saturated carbocycles. The number of aldehydes is 1. The van der Waals surface area contributed by atoms with Gasteiger partial charge < -0.3 is 20.1 Å². The highest BCUT2D eigenvalue weighted by Crippen LogP contribution is 2.21. The molecule has 13 nitrogen and oxygen atoms in total. The van der Waals surface area contributed by atoms with Crippen LogP contribution in [0.3, 0.4) is 0 Å². The Morgan fingerprint density at radius 2 is 1.13 bits per heavy atom. The second kappa shape index (κ2) is 15.5. The molecule has 13 heteroatoms. The molecule has 0 radical (unpaired) electrons. The average Bonchev–Trinajstić information content (AvgIpc) is 2.68. The predicted octanol–water partition coefficient (Wildman–Crippen LogP) is 1.12. The van der Waals surface area contributed by atoms with E-state index in [1.54, 1.807) is 0 Å². The standard InChI is InChI=1S/C18H33N3O10/c1-2-3-5-8-14(20(28)29)17(24)12-18(25)15(21(30)31)11-16(23)13(19(26)27)9-6-4-7-10-22/h10,13-18,23-25H,2-9,11-12H2,1H3. The van der Waals surface area contributed by atoms with Crippen molar-refractivity contribution in [3.05, 3.63) is 30.3 Å². The first kappa shape index (κ1) is 28.8. The molecule has 0 aliphatic rings. The molecule has 0 aliphatic carbocycles. The minimum absolute atomic E-state index is 0.0463. The van der Waals surface area contributed by atoms with E-state index < -0.39 is 64.0 Å². The van der Waals surface area contributed by atoms with Crippen molar-refractivity contribution in [1.82, 2.24) is 0 Å². The minimum Gasteiger partial charge on any atom is -0.386 e. The summed E-state index contributed by atoms with van der Waals surface area (Å²) >= 11 is 0. The van der Waals surface area contributed by atoms with Crippen molar-refractivity contribution in [1.29, 1.82) is 0 Å². The summed E-state index contributed by atoms with van der Waals surface area (Å²) in [5.41, 5.74) is 0. The topological polar surface area (TPSA) is 207 Å². The summed E-state index contributed by atoms with van der Waals surface area (Å²) in [6, 6.07) is -4.76. The van der Waals surface area contributed by atoms with Crippen molar-refractivity contribution in [3.8, 4) is 0 Å². The van der Waals surface area contributed by atoms with Crippen molar-refractivity contribution < 1.29 is 34.9 Å². The van der Waals surface area contributed by atoms with Gasteiger partial charge in [0, 0.05) is 40.5 Å². The molecule has 31 heavy (non-hydrogen) atoms. The molecule has 0 rings (SSSR count). The van der Waals surface area contributed by atoms with Gasteiger partial charge in [0.2, 0.25) is 18.1 Å². The average molecular weight is 451 g/mol. The summed E-state index contributed by atoms with van der Waals surface area (Å²) in [4.78, 5) is 41.7. The van der Waals surface area contributed by atoms with E-state index in [-0.39, 0.29) is 25.7 Å². The summed E-state index contributed by atoms with van der Waals surface area (Å²) < 4.78 is 0. The van der Waals surface area contributed by atoms with Crippen LogP contribution >= 0.6 is 0 Å². The van der Waals surface area contributed by atoms with Crippen molar-refractivity contribution in [2.24, 2.45) is 0 Å². The summed E-state index contributed by atoms with van der Waals surface area (Å²) in [6.07, 6.45) is -3.24. The van der Waals surface area contributed by atoms with Crippen molar-refractivity contribution in [3.63, 3.8) is 0 Å². The first-order valence-electron chi connectivity index (χ1n) is 10.4. The summed E-state index contributed by atoms with van der Waals surface area (Å²) in [5, 5.41) is 64.4. The number of carbonyl (C=O) groups excluding carboxylic acids is 1. The van der Waals surface area contributed by atoms with Gasteiger partial charge in [-0.25, -0.2) is 0 Å². The van der Waals surface area contributed by atoms with Crippen LogP contribution in [0, 0.1) is 30.3 Å². The molecule has 0 saturated heterocycles. The zero-order valence-corrected chi connectivity index (χ0v) is 17.7. The van der Waals surface area contributed by atoms with Crippen LogP contribution in [-0.2, 0) is 4.79 Å². The van der Waals surface area contributed by atoms with Gasteiger partial charge in [-0.15, -0.1) is 0 Å². The van der Waals surface area contributed by atoms with Crippen LogP contribution in [0.5, 0.6) is 0 Å². The van der Waals surface area contributed by atoms with Crippen LogP contribution in [0.25, 0.3) is 0 Å². The van der Waals surface area contributed by atoms with Crippen LogP contribution in [-0.4, -0.2) is 72.8 Å². The maximum absolute atomic E-state index is 11.4. The van der Waals surface area contributed by atoms with Crippen molar-refractivity contribution in [2.45, 2.75) is 108 Å². The lowest BCUT2D eigenvalue weighted by molar-refractivity contribution is -0.556. The highest BCUT2D eigenvalue weighted by atomic mass is 16.6. The Labute approximate surface area is 179 Å². The van der Waals surface area contributed by atoms with Crippen molar-refractivity contribution in [2.75, 3.05) is 0 Å². The number of hydrogen-bond acceptors (Lipinski definition) is 10. The van der Waals surface area contributed by atoms with Crippen LogP contribution in [0.15, 0.2) is 0 Å². The van der Waals surface area contributed by atoms with Gasteiger partial charge in [-0.2, -0.15) is 0 Å². The quantitative estimate of drug-likeness (QED) is 0.110. The third-order valence-electron chi connectivity index (χ3n) is 5.29.